The lowest BCUT2D eigenvalue weighted by Crippen LogP contribution is -2.02. The van der Waals surface area contributed by atoms with Crippen LogP contribution in [0.4, 0.5) is 0 Å². The zero-order valence-electron chi connectivity index (χ0n) is 31.6. The van der Waals surface area contributed by atoms with Gasteiger partial charge in [-0.25, -0.2) is 0 Å². The average Bonchev–Trinajstić information content (AvgIpc) is 3.29. The van der Waals surface area contributed by atoms with Gasteiger partial charge in [0, 0.05) is 38.4 Å². The molecular formula is C51H32Cl2O7. The van der Waals surface area contributed by atoms with E-state index in [2.05, 4.69) is 0 Å². The molecule has 0 radical (unpaired) electrons. The Morgan fingerprint density at radius 2 is 0.567 bits per heavy atom. The van der Waals surface area contributed by atoms with Gasteiger partial charge in [-0.2, -0.15) is 0 Å². The zero-order valence-corrected chi connectivity index (χ0v) is 33.1. The van der Waals surface area contributed by atoms with E-state index < -0.39 is 0 Å². The molecule has 292 valence electrons. The second-order valence-corrected chi connectivity index (χ2v) is 14.3. The van der Waals surface area contributed by atoms with Gasteiger partial charge in [-0.1, -0.05) is 41.4 Å². The van der Waals surface area contributed by atoms with Crippen LogP contribution in [0.1, 0.15) is 47.8 Å². The third-order valence-corrected chi connectivity index (χ3v) is 9.83. The molecule has 8 rings (SSSR count). The minimum atomic E-state index is -0.250. The molecule has 60 heavy (non-hydrogen) atoms. The van der Waals surface area contributed by atoms with Crippen molar-refractivity contribution in [3.05, 3.63) is 238 Å². The summed E-state index contributed by atoms with van der Waals surface area (Å²) in [5.74, 6) is 4.25. The van der Waals surface area contributed by atoms with Crippen molar-refractivity contribution in [1.82, 2.24) is 0 Å². The van der Waals surface area contributed by atoms with E-state index in [0.717, 1.165) is 5.75 Å². The highest BCUT2D eigenvalue weighted by Crippen LogP contribution is 2.30. The van der Waals surface area contributed by atoms with E-state index in [4.69, 9.17) is 42.1 Å². The van der Waals surface area contributed by atoms with Crippen molar-refractivity contribution in [3.63, 3.8) is 0 Å². The van der Waals surface area contributed by atoms with Crippen LogP contribution in [0.25, 0.3) is 0 Å². The molecule has 0 atom stereocenters. The van der Waals surface area contributed by atoms with E-state index in [1.165, 1.54) is 6.07 Å². The molecule has 0 amide bonds. The molecule has 0 N–H and O–H groups in total. The number of para-hydroxylation sites is 1. The van der Waals surface area contributed by atoms with Crippen molar-refractivity contribution in [3.8, 4) is 46.0 Å². The van der Waals surface area contributed by atoms with Crippen LogP contribution in [-0.4, -0.2) is 17.3 Å². The van der Waals surface area contributed by atoms with Crippen LogP contribution in [0.2, 0.25) is 10.0 Å². The number of hydrogen-bond donors (Lipinski definition) is 0. The molecule has 8 aromatic carbocycles. The van der Waals surface area contributed by atoms with Crippen LogP contribution in [-0.2, 0) is 0 Å². The van der Waals surface area contributed by atoms with Gasteiger partial charge in [0.1, 0.15) is 46.0 Å². The van der Waals surface area contributed by atoms with Gasteiger partial charge in [-0.3, -0.25) is 14.4 Å². The third-order valence-electron chi connectivity index (χ3n) is 9.27. The molecule has 0 aliphatic carbocycles. The maximum Gasteiger partial charge on any atom is 0.194 e. The molecule has 8 aromatic rings. The SMILES string of the molecule is O=C(c1ccc(Oc2ccc(Oc3ccccc3)cc2)cc1)c1ccc(Oc2ccc(C(=O)c3ccc(Oc4ccc(C(=O)c5cc(Cl)ccc5Cl)cc4)cc3)cc2)cc1. The Hall–Kier alpha value is -7.45. The monoisotopic (exact) mass is 826 g/mol. The summed E-state index contributed by atoms with van der Waals surface area (Å²) in [6, 6.07) is 55.7. The van der Waals surface area contributed by atoms with Crippen molar-refractivity contribution in [2.24, 2.45) is 0 Å². The Morgan fingerprint density at radius 3 is 0.883 bits per heavy atom. The summed E-state index contributed by atoms with van der Waals surface area (Å²) < 4.78 is 23.7. The topological polar surface area (TPSA) is 88.1 Å². The van der Waals surface area contributed by atoms with E-state index in [1.807, 2.05) is 54.6 Å². The van der Waals surface area contributed by atoms with Crippen LogP contribution in [0.3, 0.4) is 0 Å². The number of ether oxygens (including phenoxy) is 4. The van der Waals surface area contributed by atoms with Gasteiger partial charge >= 0.3 is 0 Å². The summed E-state index contributed by atoms with van der Waals surface area (Å²) in [7, 11) is 0. The summed E-state index contributed by atoms with van der Waals surface area (Å²) in [5, 5.41) is 0.744. The summed E-state index contributed by atoms with van der Waals surface area (Å²) in [5.41, 5.74) is 2.76. The minimum absolute atomic E-state index is 0.138. The van der Waals surface area contributed by atoms with Gasteiger partial charge in [0.05, 0.1) is 5.02 Å². The van der Waals surface area contributed by atoms with Gasteiger partial charge in [0.25, 0.3) is 0 Å². The molecule has 9 heteroatoms. The smallest absolute Gasteiger partial charge is 0.194 e. The first-order valence-electron chi connectivity index (χ1n) is 18.7. The van der Waals surface area contributed by atoms with E-state index in [1.54, 1.807) is 133 Å². The van der Waals surface area contributed by atoms with Crippen LogP contribution in [0, 0.1) is 0 Å². The normalized spacial score (nSPS) is 10.7. The maximum atomic E-state index is 13.3. The first kappa shape index (κ1) is 39.4. The Kier molecular flexibility index (Phi) is 11.8. The number of ketones is 3. The van der Waals surface area contributed by atoms with Crippen LogP contribution < -0.4 is 18.9 Å². The van der Waals surface area contributed by atoms with E-state index in [9.17, 15) is 14.4 Å². The van der Waals surface area contributed by atoms with Gasteiger partial charge in [-0.05, 0) is 176 Å². The fourth-order valence-electron chi connectivity index (χ4n) is 6.14. The molecule has 0 saturated carbocycles. The molecule has 7 nitrogen and oxygen atoms in total. The second kappa shape index (κ2) is 18.0. The summed E-state index contributed by atoms with van der Waals surface area (Å²) in [6.45, 7) is 0. The number of carbonyl (C=O) groups excluding carboxylic acids is 3. The van der Waals surface area contributed by atoms with Crippen LogP contribution in [0.15, 0.2) is 194 Å². The molecule has 0 aromatic heterocycles. The van der Waals surface area contributed by atoms with Gasteiger partial charge < -0.3 is 18.9 Å². The number of benzene rings is 8. The van der Waals surface area contributed by atoms with Gasteiger partial charge in [0.2, 0.25) is 0 Å². The number of hydrogen-bond acceptors (Lipinski definition) is 7. The van der Waals surface area contributed by atoms with Crippen molar-refractivity contribution < 1.29 is 33.3 Å². The summed E-state index contributed by atoms with van der Waals surface area (Å²) >= 11 is 12.2. The Bertz CT molecular complexity index is 2770. The van der Waals surface area contributed by atoms with E-state index in [0.29, 0.717) is 83.7 Å². The highest BCUT2D eigenvalue weighted by Gasteiger charge is 2.15. The molecule has 0 aliphatic heterocycles. The van der Waals surface area contributed by atoms with E-state index >= 15 is 0 Å². The molecular weight excluding hydrogens is 795 g/mol. The van der Waals surface area contributed by atoms with Crippen molar-refractivity contribution in [2.75, 3.05) is 0 Å². The molecule has 0 unspecified atom stereocenters. The standard InChI is InChI=1S/C51H32Cl2O7/c52-38-16-31-48(53)47(32-38)51(56)37-14-25-44(26-15-37)59-42-21-10-35(11-22-42)49(54)33-6-17-40(18-7-33)58-41-19-8-34(9-20-41)50(55)36-12-23-43(24-13-36)60-46-29-27-45(28-30-46)57-39-4-2-1-3-5-39/h1-32H. The predicted octanol–water partition coefficient (Wildman–Crippen LogP) is 13.9. The quantitative estimate of drug-likeness (QED) is 0.101. The van der Waals surface area contributed by atoms with Gasteiger partial charge in [-0.15, -0.1) is 0 Å². The molecule has 0 spiro atoms. The number of halogens is 2. The molecule has 0 aliphatic rings. The molecule has 0 bridgehead atoms. The Labute approximate surface area is 355 Å². The zero-order chi connectivity index (χ0) is 41.4. The van der Waals surface area contributed by atoms with Crippen molar-refractivity contribution >= 4 is 40.6 Å². The van der Waals surface area contributed by atoms with Gasteiger partial charge in [0.15, 0.2) is 17.3 Å². The Balaban J connectivity index is 0.817. The lowest BCUT2D eigenvalue weighted by molar-refractivity contribution is 0.103. The summed E-state index contributed by atoms with van der Waals surface area (Å²) in [6.07, 6.45) is 0. The van der Waals surface area contributed by atoms with E-state index in [-0.39, 0.29) is 17.3 Å². The first-order chi connectivity index (χ1) is 29.2. The highest BCUT2D eigenvalue weighted by atomic mass is 35.5. The average molecular weight is 828 g/mol. The lowest BCUT2D eigenvalue weighted by Gasteiger charge is -2.10. The second-order valence-electron chi connectivity index (χ2n) is 13.4. The Morgan fingerprint density at radius 1 is 0.300 bits per heavy atom. The maximum absolute atomic E-state index is 13.3. The van der Waals surface area contributed by atoms with Crippen molar-refractivity contribution in [1.29, 1.82) is 0 Å². The van der Waals surface area contributed by atoms with Crippen LogP contribution >= 0.6 is 23.2 Å². The summed E-state index contributed by atoms with van der Waals surface area (Å²) in [4.78, 5) is 39.4. The number of rotatable bonds is 14. The lowest BCUT2D eigenvalue weighted by atomic mass is 10.0. The van der Waals surface area contributed by atoms with Crippen LogP contribution in [0.5, 0.6) is 46.0 Å². The highest BCUT2D eigenvalue weighted by molar-refractivity contribution is 6.36. The number of carbonyl (C=O) groups is 3. The molecule has 0 heterocycles. The fourth-order valence-corrected chi connectivity index (χ4v) is 6.52. The largest absolute Gasteiger partial charge is 0.457 e. The molecule has 0 saturated heterocycles. The first-order valence-corrected chi connectivity index (χ1v) is 19.5. The minimum Gasteiger partial charge on any atom is -0.457 e. The predicted molar refractivity (Wildman–Crippen MR) is 232 cm³/mol. The fraction of sp³-hybridized carbons (Fsp3) is 0. The third kappa shape index (κ3) is 9.63. The molecule has 0 fully saturated rings. The van der Waals surface area contributed by atoms with Crippen molar-refractivity contribution in [2.45, 2.75) is 0 Å².